The third-order valence-electron chi connectivity index (χ3n) is 7.20. The molecule has 0 radical (unpaired) electrons. The van der Waals surface area contributed by atoms with E-state index in [0.29, 0.717) is 31.1 Å². The predicted octanol–water partition coefficient (Wildman–Crippen LogP) is 4.67. The van der Waals surface area contributed by atoms with E-state index < -0.39 is 19.5 Å². The third kappa shape index (κ3) is 6.30. The van der Waals surface area contributed by atoms with Crippen LogP contribution in [0.3, 0.4) is 0 Å². The molecule has 0 saturated heterocycles. The normalized spacial score (nSPS) is 15.1. The lowest BCUT2D eigenvalue weighted by atomic mass is 9.95. The van der Waals surface area contributed by atoms with Crippen LogP contribution in [0.1, 0.15) is 46.1 Å². The van der Waals surface area contributed by atoms with Crippen LogP contribution in [0.15, 0.2) is 24.4 Å². The number of aryl methyl sites for hydroxylation is 1. The molecule has 39 heavy (non-hydrogen) atoms. The maximum absolute atomic E-state index is 11.4. The lowest BCUT2D eigenvalue weighted by molar-refractivity contribution is -0.148. The van der Waals surface area contributed by atoms with Crippen molar-refractivity contribution in [3.63, 3.8) is 0 Å². The Balaban J connectivity index is 1.70. The van der Waals surface area contributed by atoms with Gasteiger partial charge in [-0.1, -0.05) is 26.9 Å². The van der Waals surface area contributed by atoms with Gasteiger partial charge in [0.05, 0.1) is 11.1 Å². The van der Waals surface area contributed by atoms with Crippen LogP contribution in [0.2, 0.25) is 19.1 Å². The zero-order valence-electron chi connectivity index (χ0n) is 23.9. The van der Waals surface area contributed by atoms with Crippen molar-refractivity contribution >= 4 is 19.4 Å². The number of rotatable bonds is 9. The summed E-state index contributed by atoms with van der Waals surface area (Å²) in [4.78, 5) is 25.8. The molecule has 0 aromatic carbocycles. The van der Waals surface area contributed by atoms with E-state index in [-0.39, 0.29) is 12.7 Å². The molecular formula is C28H39N5O5Si. The first-order valence-electron chi connectivity index (χ1n) is 13.5. The Morgan fingerprint density at radius 2 is 1.95 bits per heavy atom. The molecule has 4 rings (SSSR count). The summed E-state index contributed by atoms with van der Waals surface area (Å²) < 4.78 is 19.6. The predicted molar refractivity (Wildman–Crippen MR) is 151 cm³/mol. The lowest BCUT2D eigenvalue weighted by Gasteiger charge is -2.25. The molecule has 1 aliphatic rings. The van der Waals surface area contributed by atoms with Crippen molar-refractivity contribution in [2.45, 2.75) is 79.4 Å². The summed E-state index contributed by atoms with van der Waals surface area (Å²) in [6, 6.07) is 7.23. The average Bonchev–Trinajstić information content (AvgIpc) is 3.29. The second-order valence-electron chi connectivity index (χ2n) is 11.4. The fourth-order valence-electron chi connectivity index (χ4n) is 4.31. The molecule has 3 aromatic heterocycles. The minimum atomic E-state index is -2.04. The fraction of sp³-hybridized carbons (Fsp3) is 0.536. The summed E-state index contributed by atoms with van der Waals surface area (Å²) in [7, 11) is -2.04. The topological polar surface area (TPSA) is 121 Å². The number of carboxylic acid groups (broad SMARTS) is 1. The highest BCUT2D eigenvalue weighted by Gasteiger charge is 2.32. The highest BCUT2D eigenvalue weighted by atomic mass is 28.3. The Hall–Kier alpha value is -3.31. The number of pyridine rings is 2. The fourth-order valence-corrected chi connectivity index (χ4v) is 6.55. The van der Waals surface area contributed by atoms with Gasteiger partial charge >= 0.3 is 12.0 Å². The van der Waals surface area contributed by atoms with Gasteiger partial charge in [-0.2, -0.15) is 9.67 Å². The molecule has 1 aliphatic heterocycles. The van der Waals surface area contributed by atoms with Gasteiger partial charge in [0.15, 0.2) is 5.82 Å². The highest BCUT2D eigenvalue weighted by molar-refractivity contribution is 6.90. The number of carboxylic acids is 1. The van der Waals surface area contributed by atoms with Crippen LogP contribution in [0.4, 0.5) is 0 Å². The van der Waals surface area contributed by atoms with Crippen LogP contribution in [0.25, 0.3) is 22.6 Å². The van der Waals surface area contributed by atoms with Crippen molar-refractivity contribution in [2.75, 3.05) is 13.2 Å². The van der Waals surface area contributed by atoms with Gasteiger partial charge in [-0.15, -0.1) is 5.10 Å². The molecule has 0 spiro atoms. The van der Waals surface area contributed by atoms with Gasteiger partial charge in [0, 0.05) is 35.3 Å². The number of ether oxygens (including phenoxy) is 3. The minimum Gasteiger partial charge on any atom is -0.481 e. The summed E-state index contributed by atoms with van der Waals surface area (Å²) in [6.07, 6.45) is 3.57. The zero-order chi connectivity index (χ0) is 28.4. The third-order valence-corrected chi connectivity index (χ3v) is 10.3. The molecule has 1 N–H and O–H groups in total. The molecule has 0 atom stereocenters. The van der Waals surface area contributed by atoms with Crippen LogP contribution < -0.4 is 14.8 Å². The van der Waals surface area contributed by atoms with E-state index in [0.717, 1.165) is 46.6 Å². The second kappa shape index (κ2) is 11.4. The van der Waals surface area contributed by atoms with E-state index in [4.69, 9.17) is 29.3 Å². The Kier molecular flexibility index (Phi) is 8.41. The summed E-state index contributed by atoms with van der Waals surface area (Å²) in [5.41, 5.74) is 2.54. The van der Waals surface area contributed by atoms with E-state index in [1.54, 1.807) is 24.7 Å². The maximum Gasteiger partial charge on any atom is 0.317 e. The molecule has 3 aromatic rings. The zero-order valence-corrected chi connectivity index (χ0v) is 24.9. The molecule has 0 aliphatic carbocycles. The van der Waals surface area contributed by atoms with Gasteiger partial charge in [0.25, 0.3) is 0 Å². The Bertz CT molecular complexity index is 1340. The molecule has 10 nitrogen and oxygen atoms in total. The standard InChI is InChI=1S/C28H39N5O5Si/c1-8-19(9-2)38-27-31-24-20-10-11-22(30-25(20)39(6,7)13-12-36-17-33(27)32-24)21-15-29-23(14-18(21)3)37-16-28(4,5)26(34)35/h10-11,14-15,19H,8-9,12-13,16-17H2,1-7H3,(H,34,35). The van der Waals surface area contributed by atoms with E-state index in [1.807, 2.05) is 19.1 Å². The van der Waals surface area contributed by atoms with E-state index in [2.05, 4.69) is 38.0 Å². The van der Waals surface area contributed by atoms with Crippen molar-refractivity contribution < 1.29 is 24.1 Å². The molecule has 0 unspecified atom stereocenters. The van der Waals surface area contributed by atoms with Crippen LogP contribution in [-0.4, -0.2) is 63.2 Å². The van der Waals surface area contributed by atoms with Gasteiger partial charge in [-0.3, -0.25) is 9.78 Å². The van der Waals surface area contributed by atoms with Crippen LogP contribution >= 0.6 is 0 Å². The summed E-state index contributed by atoms with van der Waals surface area (Å²) in [6.45, 7) is 14.9. The number of fused-ring (bicyclic) bond motifs is 4. The van der Waals surface area contributed by atoms with Gasteiger partial charge in [-0.05, 0) is 57.4 Å². The molecule has 0 fully saturated rings. The first-order chi connectivity index (χ1) is 18.4. The van der Waals surface area contributed by atoms with Crippen molar-refractivity contribution in [1.29, 1.82) is 0 Å². The van der Waals surface area contributed by atoms with Gasteiger partial charge < -0.3 is 19.3 Å². The van der Waals surface area contributed by atoms with Crippen LogP contribution in [0.5, 0.6) is 11.9 Å². The molecule has 0 saturated carbocycles. The molecule has 2 bridgehead atoms. The largest absolute Gasteiger partial charge is 0.481 e. The SMILES string of the molecule is CCC(CC)Oc1nc2nn1COCC[Si](C)(C)c1nc(-c3cnc(OCC(C)(C)C(=O)O)cc3C)ccc1-2. The van der Waals surface area contributed by atoms with Crippen molar-refractivity contribution in [3.8, 4) is 34.5 Å². The van der Waals surface area contributed by atoms with Crippen molar-refractivity contribution in [2.24, 2.45) is 5.41 Å². The second-order valence-corrected chi connectivity index (χ2v) is 16.1. The summed E-state index contributed by atoms with van der Waals surface area (Å²) >= 11 is 0. The van der Waals surface area contributed by atoms with Gasteiger partial charge in [0.1, 0.15) is 27.5 Å². The Labute approximate surface area is 230 Å². The van der Waals surface area contributed by atoms with Gasteiger partial charge in [0.2, 0.25) is 5.88 Å². The Morgan fingerprint density at radius 3 is 2.62 bits per heavy atom. The molecule has 4 heterocycles. The highest BCUT2D eigenvalue weighted by Crippen LogP contribution is 2.29. The minimum absolute atomic E-state index is 0.0235. The molecule has 0 amide bonds. The van der Waals surface area contributed by atoms with Crippen molar-refractivity contribution in [3.05, 3.63) is 30.0 Å². The van der Waals surface area contributed by atoms with E-state index in [9.17, 15) is 9.90 Å². The number of carbonyl (C=O) groups is 1. The number of aliphatic carboxylic acids is 1. The van der Waals surface area contributed by atoms with Crippen molar-refractivity contribution in [1.82, 2.24) is 24.7 Å². The van der Waals surface area contributed by atoms with E-state index in [1.165, 1.54) is 0 Å². The lowest BCUT2D eigenvalue weighted by Crippen LogP contribution is -2.46. The van der Waals surface area contributed by atoms with E-state index >= 15 is 0 Å². The number of aromatic nitrogens is 5. The first-order valence-corrected chi connectivity index (χ1v) is 16.7. The summed E-state index contributed by atoms with van der Waals surface area (Å²) in [5, 5.41) is 15.1. The quantitative estimate of drug-likeness (QED) is 0.377. The summed E-state index contributed by atoms with van der Waals surface area (Å²) in [5.74, 6) is 0.0601. The number of hydrogen-bond acceptors (Lipinski definition) is 8. The van der Waals surface area contributed by atoms with Crippen LogP contribution in [-0.2, 0) is 16.3 Å². The average molecular weight is 554 g/mol. The molecular weight excluding hydrogens is 514 g/mol. The monoisotopic (exact) mass is 553 g/mol. The van der Waals surface area contributed by atoms with Crippen LogP contribution in [0, 0.1) is 12.3 Å². The number of nitrogens with zero attached hydrogens (tertiary/aromatic N) is 5. The maximum atomic E-state index is 11.4. The smallest absolute Gasteiger partial charge is 0.317 e. The molecule has 210 valence electrons. The Morgan fingerprint density at radius 1 is 1.21 bits per heavy atom. The van der Waals surface area contributed by atoms with Gasteiger partial charge in [-0.25, -0.2) is 4.98 Å². The number of hydrogen-bond donors (Lipinski definition) is 1. The first kappa shape index (κ1) is 28.7. The molecule has 11 heteroatoms.